The van der Waals surface area contributed by atoms with Gasteiger partial charge in [0.1, 0.15) is 11.2 Å². The number of methoxy groups -OCH3 is 2. The highest BCUT2D eigenvalue weighted by molar-refractivity contribution is 7.93. The van der Waals surface area contributed by atoms with Crippen molar-refractivity contribution in [3.05, 3.63) is 76.8 Å². The lowest BCUT2D eigenvalue weighted by Gasteiger charge is -2.26. The second kappa shape index (κ2) is 8.85. The number of hydrogen-bond donors (Lipinski definition) is 0. The summed E-state index contributed by atoms with van der Waals surface area (Å²) in [6, 6.07) is 16.0. The van der Waals surface area contributed by atoms with Gasteiger partial charge in [0.2, 0.25) is 0 Å². The molecule has 3 aromatic carbocycles. The molecule has 3 aromatic rings. The molecule has 0 N–H and O–H groups in total. The van der Waals surface area contributed by atoms with E-state index < -0.39 is 21.3 Å². The van der Waals surface area contributed by atoms with E-state index in [4.69, 9.17) is 25.8 Å². The molecular formula is C25H24ClNO6S. The van der Waals surface area contributed by atoms with Crippen LogP contribution in [0.4, 0.5) is 5.69 Å². The largest absolute Gasteiger partial charge is 0.494 e. The van der Waals surface area contributed by atoms with Gasteiger partial charge in [0.25, 0.3) is 15.9 Å². The zero-order chi connectivity index (χ0) is 24.7. The Morgan fingerprint density at radius 2 is 1.65 bits per heavy atom. The standard InChI is InChI=1S/C25H24ClNO6S/c1-5-33-16-10-12-21-19(14-16)25(2,18-8-6-7-9-20(18)26)24(28)27(21)34(29,30)17-11-13-22(31-3)23(15-17)32-4/h6-15H,5H2,1-4H3. The minimum absolute atomic E-state index is 0.109. The minimum atomic E-state index is -4.31. The van der Waals surface area contributed by atoms with Gasteiger partial charge in [-0.25, -0.2) is 12.7 Å². The van der Waals surface area contributed by atoms with Crippen LogP contribution in [-0.4, -0.2) is 35.2 Å². The van der Waals surface area contributed by atoms with Gasteiger partial charge in [-0.1, -0.05) is 29.8 Å². The van der Waals surface area contributed by atoms with Crippen molar-refractivity contribution in [2.24, 2.45) is 0 Å². The molecule has 0 spiro atoms. The molecule has 0 bridgehead atoms. The predicted molar refractivity (Wildman–Crippen MR) is 130 cm³/mol. The van der Waals surface area contributed by atoms with Crippen LogP contribution in [-0.2, 0) is 20.2 Å². The molecule has 0 radical (unpaired) electrons. The van der Waals surface area contributed by atoms with Crippen molar-refractivity contribution >= 4 is 33.2 Å². The number of nitrogens with zero attached hydrogens (tertiary/aromatic N) is 1. The number of anilines is 1. The third-order valence-corrected chi connectivity index (χ3v) is 7.98. The normalized spacial score (nSPS) is 17.4. The summed E-state index contributed by atoms with van der Waals surface area (Å²) in [5.41, 5.74) is -0.127. The highest BCUT2D eigenvalue weighted by atomic mass is 35.5. The van der Waals surface area contributed by atoms with Gasteiger partial charge in [-0.15, -0.1) is 0 Å². The van der Waals surface area contributed by atoms with Crippen LogP contribution in [0.3, 0.4) is 0 Å². The minimum Gasteiger partial charge on any atom is -0.494 e. The first-order valence-electron chi connectivity index (χ1n) is 10.5. The van der Waals surface area contributed by atoms with Crippen molar-refractivity contribution < 1.29 is 27.4 Å². The molecule has 0 fully saturated rings. The Morgan fingerprint density at radius 3 is 2.29 bits per heavy atom. The van der Waals surface area contributed by atoms with Crippen molar-refractivity contribution in [1.82, 2.24) is 0 Å². The lowest BCUT2D eigenvalue weighted by molar-refractivity contribution is -0.120. The number of carbonyl (C=O) groups is 1. The Morgan fingerprint density at radius 1 is 0.941 bits per heavy atom. The average Bonchev–Trinajstić information content (AvgIpc) is 3.06. The predicted octanol–water partition coefficient (Wildman–Crippen LogP) is 4.80. The van der Waals surface area contributed by atoms with Crippen molar-refractivity contribution in [3.63, 3.8) is 0 Å². The van der Waals surface area contributed by atoms with E-state index in [2.05, 4.69) is 0 Å². The number of fused-ring (bicyclic) bond motifs is 1. The van der Waals surface area contributed by atoms with Gasteiger partial charge in [0, 0.05) is 16.7 Å². The number of carbonyl (C=O) groups excluding carboxylic acids is 1. The molecule has 0 saturated heterocycles. The maximum absolute atomic E-state index is 14.0. The molecular weight excluding hydrogens is 478 g/mol. The van der Waals surface area contributed by atoms with E-state index in [1.165, 1.54) is 32.4 Å². The lowest BCUT2D eigenvalue weighted by Crippen LogP contribution is -2.42. The fourth-order valence-electron chi connectivity index (χ4n) is 4.22. The van der Waals surface area contributed by atoms with Crippen LogP contribution in [0.25, 0.3) is 0 Å². The van der Waals surface area contributed by atoms with Crippen LogP contribution in [0.1, 0.15) is 25.0 Å². The maximum atomic E-state index is 14.0. The average molecular weight is 502 g/mol. The Balaban J connectivity index is 1.95. The summed E-state index contributed by atoms with van der Waals surface area (Å²) < 4.78 is 44.6. The maximum Gasteiger partial charge on any atom is 0.271 e. The molecule has 1 aliphatic rings. The van der Waals surface area contributed by atoms with E-state index in [9.17, 15) is 13.2 Å². The summed E-state index contributed by atoms with van der Waals surface area (Å²) in [5, 5.41) is 0.358. The van der Waals surface area contributed by atoms with Gasteiger partial charge < -0.3 is 14.2 Å². The molecule has 9 heteroatoms. The van der Waals surface area contributed by atoms with Gasteiger partial charge in [0.15, 0.2) is 11.5 Å². The first-order valence-corrected chi connectivity index (χ1v) is 12.4. The van der Waals surface area contributed by atoms with Gasteiger partial charge in [0.05, 0.1) is 31.4 Å². The van der Waals surface area contributed by atoms with Crippen molar-refractivity contribution in [2.45, 2.75) is 24.2 Å². The molecule has 1 heterocycles. The summed E-state index contributed by atoms with van der Waals surface area (Å²) in [6.45, 7) is 3.94. The molecule has 1 amide bonds. The molecule has 4 rings (SSSR count). The molecule has 1 aliphatic heterocycles. The second-order valence-electron chi connectivity index (χ2n) is 7.81. The quantitative estimate of drug-likeness (QED) is 0.462. The van der Waals surface area contributed by atoms with Crippen LogP contribution >= 0.6 is 11.6 Å². The second-order valence-corrected chi connectivity index (χ2v) is 10.0. The van der Waals surface area contributed by atoms with E-state index >= 15 is 0 Å². The van der Waals surface area contributed by atoms with E-state index in [-0.39, 0.29) is 16.3 Å². The van der Waals surface area contributed by atoms with E-state index in [1.807, 2.05) is 6.92 Å². The summed E-state index contributed by atoms with van der Waals surface area (Å²) >= 11 is 6.50. The summed E-state index contributed by atoms with van der Waals surface area (Å²) in [4.78, 5) is 13.9. The van der Waals surface area contributed by atoms with Gasteiger partial charge in [-0.3, -0.25) is 4.79 Å². The molecule has 178 valence electrons. The molecule has 1 unspecified atom stereocenters. The van der Waals surface area contributed by atoms with Crippen molar-refractivity contribution in [2.75, 3.05) is 25.1 Å². The molecule has 0 aromatic heterocycles. The topological polar surface area (TPSA) is 82.1 Å². The van der Waals surface area contributed by atoms with Gasteiger partial charge >= 0.3 is 0 Å². The Bertz CT molecular complexity index is 1370. The molecule has 0 saturated carbocycles. The van der Waals surface area contributed by atoms with Crippen LogP contribution in [0, 0.1) is 0 Å². The number of ether oxygens (including phenoxy) is 3. The zero-order valence-corrected chi connectivity index (χ0v) is 20.7. The highest BCUT2D eigenvalue weighted by Gasteiger charge is 2.54. The summed E-state index contributed by atoms with van der Waals surface area (Å²) in [6.07, 6.45) is 0. The molecule has 7 nitrogen and oxygen atoms in total. The lowest BCUT2D eigenvalue weighted by atomic mass is 9.77. The van der Waals surface area contributed by atoms with Gasteiger partial charge in [-0.2, -0.15) is 0 Å². The van der Waals surface area contributed by atoms with E-state index in [0.29, 0.717) is 34.3 Å². The molecule has 0 aliphatic carbocycles. The molecule has 34 heavy (non-hydrogen) atoms. The first-order chi connectivity index (χ1) is 16.2. The zero-order valence-electron chi connectivity index (χ0n) is 19.2. The Labute approximate surface area is 203 Å². The van der Waals surface area contributed by atoms with Gasteiger partial charge in [-0.05, 0) is 55.8 Å². The SMILES string of the molecule is CCOc1ccc2c(c1)C(C)(c1ccccc1Cl)C(=O)N2S(=O)(=O)c1ccc(OC)c(OC)c1. The van der Waals surface area contributed by atoms with Crippen LogP contribution in [0.2, 0.25) is 5.02 Å². The summed E-state index contributed by atoms with van der Waals surface area (Å²) in [7, 11) is -1.44. The number of halogens is 1. The number of hydrogen-bond acceptors (Lipinski definition) is 6. The Hall–Kier alpha value is -3.23. The number of sulfonamides is 1. The monoisotopic (exact) mass is 501 g/mol. The third kappa shape index (κ3) is 3.58. The smallest absolute Gasteiger partial charge is 0.271 e. The Kier molecular flexibility index (Phi) is 6.22. The molecule has 1 atom stereocenters. The van der Waals surface area contributed by atoms with E-state index in [0.717, 1.165) is 4.31 Å². The van der Waals surface area contributed by atoms with Crippen molar-refractivity contribution in [1.29, 1.82) is 0 Å². The van der Waals surface area contributed by atoms with Crippen LogP contribution in [0.5, 0.6) is 17.2 Å². The number of rotatable bonds is 7. The van der Waals surface area contributed by atoms with Crippen LogP contribution in [0.15, 0.2) is 65.6 Å². The first kappa shape index (κ1) is 23.9. The fourth-order valence-corrected chi connectivity index (χ4v) is 6.08. The van der Waals surface area contributed by atoms with Crippen LogP contribution < -0.4 is 18.5 Å². The third-order valence-electron chi connectivity index (χ3n) is 5.95. The summed E-state index contributed by atoms with van der Waals surface area (Å²) in [5.74, 6) is 0.490. The van der Waals surface area contributed by atoms with Crippen molar-refractivity contribution in [3.8, 4) is 17.2 Å². The fraction of sp³-hybridized carbons (Fsp3) is 0.240. The number of amides is 1. The number of benzene rings is 3. The highest BCUT2D eigenvalue weighted by Crippen LogP contribution is 2.50. The van der Waals surface area contributed by atoms with E-state index in [1.54, 1.807) is 49.4 Å².